The molecule has 1 aromatic heterocycles. The van der Waals surface area contributed by atoms with Crippen LogP contribution in [0.25, 0.3) is 10.8 Å². The van der Waals surface area contributed by atoms with E-state index in [2.05, 4.69) is 24.4 Å². The highest BCUT2D eigenvalue weighted by Crippen LogP contribution is 2.28. The summed E-state index contributed by atoms with van der Waals surface area (Å²) in [5, 5.41) is 5.08. The molecular formula is C33H39N3O4S. The molecule has 8 heteroatoms. The minimum atomic E-state index is -0.282. The maximum absolute atomic E-state index is 13.9. The van der Waals surface area contributed by atoms with Crippen molar-refractivity contribution in [3.8, 4) is 11.5 Å². The second-order valence-electron chi connectivity index (χ2n) is 10.1. The molecule has 1 N–H and O–H groups in total. The van der Waals surface area contributed by atoms with E-state index in [1.807, 2.05) is 79.4 Å². The summed E-state index contributed by atoms with van der Waals surface area (Å²) in [6.45, 7) is 7.05. The van der Waals surface area contributed by atoms with Crippen LogP contribution in [0.15, 0.2) is 72.8 Å². The molecule has 0 saturated carbocycles. The summed E-state index contributed by atoms with van der Waals surface area (Å²) in [5.41, 5.74) is 1.77. The lowest BCUT2D eigenvalue weighted by atomic mass is 10.1. The zero-order chi connectivity index (χ0) is 29.4. The van der Waals surface area contributed by atoms with Gasteiger partial charge < -0.3 is 24.6 Å². The van der Waals surface area contributed by atoms with Gasteiger partial charge >= 0.3 is 6.03 Å². The Morgan fingerprint density at radius 2 is 1.71 bits per heavy atom. The molecular weight excluding hydrogens is 534 g/mol. The van der Waals surface area contributed by atoms with Crippen LogP contribution < -0.4 is 14.8 Å². The third-order valence-electron chi connectivity index (χ3n) is 7.33. The van der Waals surface area contributed by atoms with E-state index in [1.54, 1.807) is 30.5 Å². The summed E-state index contributed by atoms with van der Waals surface area (Å²) < 4.78 is 10.8. The Balaban J connectivity index is 1.53. The van der Waals surface area contributed by atoms with Gasteiger partial charge in [0, 0.05) is 27.7 Å². The fourth-order valence-corrected chi connectivity index (χ4v) is 5.67. The van der Waals surface area contributed by atoms with E-state index in [1.165, 1.54) is 4.88 Å². The van der Waals surface area contributed by atoms with Gasteiger partial charge in [-0.2, -0.15) is 0 Å². The van der Waals surface area contributed by atoms with Crippen LogP contribution in [0.4, 0.5) is 10.5 Å². The number of carbonyl (C=O) groups excluding carboxylic acids is 2. The number of anilines is 1. The number of urea groups is 1. The van der Waals surface area contributed by atoms with Crippen LogP contribution in [-0.2, 0) is 17.8 Å². The van der Waals surface area contributed by atoms with Crippen molar-refractivity contribution in [1.82, 2.24) is 9.80 Å². The highest BCUT2D eigenvalue weighted by Gasteiger charge is 2.26. The topological polar surface area (TPSA) is 71.1 Å². The summed E-state index contributed by atoms with van der Waals surface area (Å²) in [6.07, 6.45) is 1.37. The number of aryl methyl sites for hydroxylation is 1. The lowest BCUT2D eigenvalue weighted by Crippen LogP contribution is -2.48. The molecule has 0 fully saturated rings. The first-order chi connectivity index (χ1) is 19.8. The predicted molar refractivity (Wildman–Crippen MR) is 167 cm³/mol. The summed E-state index contributed by atoms with van der Waals surface area (Å²) in [4.78, 5) is 33.3. The van der Waals surface area contributed by atoms with Gasteiger partial charge in [0.15, 0.2) is 11.5 Å². The molecule has 1 atom stereocenters. The smallest absolute Gasteiger partial charge is 0.322 e. The van der Waals surface area contributed by atoms with Crippen molar-refractivity contribution in [2.75, 3.05) is 32.6 Å². The average Bonchev–Trinajstić information content (AvgIpc) is 3.41. The maximum Gasteiger partial charge on any atom is 0.322 e. The second kappa shape index (κ2) is 14.0. The third-order valence-corrected chi connectivity index (χ3v) is 8.32. The second-order valence-corrected chi connectivity index (χ2v) is 11.5. The molecule has 0 spiro atoms. The van der Waals surface area contributed by atoms with E-state index in [9.17, 15) is 9.59 Å². The van der Waals surface area contributed by atoms with Crippen molar-refractivity contribution in [2.45, 2.75) is 46.2 Å². The molecule has 41 heavy (non-hydrogen) atoms. The van der Waals surface area contributed by atoms with Crippen LogP contribution in [0.3, 0.4) is 0 Å². The minimum Gasteiger partial charge on any atom is -0.493 e. The van der Waals surface area contributed by atoms with Crippen LogP contribution in [-0.4, -0.2) is 55.1 Å². The molecule has 216 valence electrons. The molecule has 0 bridgehead atoms. The number of ether oxygens (including phenoxy) is 2. The highest BCUT2D eigenvalue weighted by molar-refractivity contribution is 7.11. The molecule has 7 nitrogen and oxygen atoms in total. The van der Waals surface area contributed by atoms with E-state index in [4.69, 9.17) is 9.47 Å². The minimum absolute atomic E-state index is 0.0120. The molecule has 0 radical (unpaired) electrons. The number of fused-ring (bicyclic) bond motifs is 1. The number of hydrogen-bond acceptors (Lipinski definition) is 5. The Bertz CT molecular complexity index is 1480. The van der Waals surface area contributed by atoms with Gasteiger partial charge in [-0.05, 0) is 68.0 Å². The first-order valence-corrected chi connectivity index (χ1v) is 14.7. The van der Waals surface area contributed by atoms with Gasteiger partial charge in [0.05, 0.1) is 26.5 Å². The van der Waals surface area contributed by atoms with Crippen molar-refractivity contribution >= 4 is 39.7 Å². The zero-order valence-electron chi connectivity index (χ0n) is 24.5. The van der Waals surface area contributed by atoms with Gasteiger partial charge in [-0.15, -0.1) is 11.3 Å². The molecule has 4 aromatic rings. The lowest BCUT2D eigenvalue weighted by molar-refractivity contribution is -0.132. The van der Waals surface area contributed by atoms with E-state index >= 15 is 0 Å². The Kier molecular flexibility index (Phi) is 10.2. The SMILES string of the molecule is CCC(C)N(CC(=O)N(CCc1ccc(OC)c(OC)c1)Cc1ccc(C)s1)C(=O)Nc1cccc2ccccc12. The Hall–Kier alpha value is -4.04. The summed E-state index contributed by atoms with van der Waals surface area (Å²) in [5.74, 6) is 1.23. The quantitative estimate of drug-likeness (QED) is 0.196. The Morgan fingerprint density at radius 1 is 0.951 bits per heavy atom. The van der Waals surface area contributed by atoms with Gasteiger partial charge in [-0.25, -0.2) is 4.79 Å². The number of methoxy groups -OCH3 is 2. The molecule has 1 unspecified atom stereocenters. The van der Waals surface area contributed by atoms with Crippen molar-refractivity contribution in [1.29, 1.82) is 0 Å². The van der Waals surface area contributed by atoms with Crippen LogP contribution in [0.1, 0.15) is 35.6 Å². The largest absolute Gasteiger partial charge is 0.493 e. The first-order valence-electron chi connectivity index (χ1n) is 13.9. The Labute approximate surface area is 246 Å². The maximum atomic E-state index is 13.9. The third kappa shape index (κ3) is 7.58. The van der Waals surface area contributed by atoms with Crippen LogP contribution in [0, 0.1) is 6.92 Å². The average molecular weight is 574 g/mol. The number of hydrogen-bond donors (Lipinski definition) is 1. The van der Waals surface area contributed by atoms with Gasteiger partial charge in [0.1, 0.15) is 6.54 Å². The van der Waals surface area contributed by atoms with Crippen LogP contribution in [0.2, 0.25) is 0 Å². The van der Waals surface area contributed by atoms with E-state index in [0.29, 0.717) is 31.0 Å². The number of benzene rings is 3. The predicted octanol–water partition coefficient (Wildman–Crippen LogP) is 7.13. The van der Waals surface area contributed by atoms with Gasteiger partial charge in [-0.3, -0.25) is 4.79 Å². The summed E-state index contributed by atoms with van der Waals surface area (Å²) >= 11 is 1.68. The van der Waals surface area contributed by atoms with Crippen LogP contribution >= 0.6 is 11.3 Å². The van der Waals surface area contributed by atoms with Crippen LogP contribution in [0.5, 0.6) is 11.5 Å². The van der Waals surface area contributed by atoms with Gasteiger partial charge in [0.25, 0.3) is 0 Å². The molecule has 3 aromatic carbocycles. The van der Waals surface area contributed by atoms with Crippen molar-refractivity contribution < 1.29 is 19.1 Å². The number of rotatable bonds is 12. The lowest BCUT2D eigenvalue weighted by Gasteiger charge is -2.31. The van der Waals surface area contributed by atoms with Crippen molar-refractivity contribution in [3.05, 3.63) is 88.1 Å². The van der Waals surface area contributed by atoms with E-state index < -0.39 is 0 Å². The normalized spacial score (nSPS) is 11.6. The molecule has 0 aliphatic heterocycles. The first kappa shape index (κ1) is 29.9. The number of nitrogens with one attached hydrogen (secondary N) is 1. The highest BCUT2D eigenvalue weighted by atomic mass is 32.1. The van der Waals surface area contributed by atoms with Gasteiger partial charge in [-0.1, -0.05) is 49.4 Å². The van der Waals surface area contributed by atoms with E-state index in [-0.39, 0.29) is 24.5 Å². The fourth-order valence-electron chi connectivity index (χ4n) is 4.77. The number of thiophene rings is 1. The number of nitrogens with zero attached hydrogens (tertiary/aromatic N) is 2. The zero-order valence-corrected chi connectivity index (χ0v) is 25.3. The molecule has 3 amide bonds. The van der Waals surface area contributed by atoms with Crippen molar-refractivity contribution in [3.63, 3.8) is 0 Å². The number of carbonyl (C=O) groups is 2. The molecule has 4 rings (SSSR count). The van der Waals surface area contributed by atoms with E-state index in [0.717, 1.165) is 33.3 Å². The fraction of sp³-hybridized carbons (Fsp3) is 0.333. The molecule has 0 saturated heterocycles. The van der Waals surface area contributed by atoms with Crippen molar-refractivity contribution in [2.24, 2.45) is 0 Å². The molecule has 0 aliphatic carbocycles. The summed E-state index contributed by atoms with van der Waals surface area (Å²) in [6, 6.07) is 23.3. The Morgan fingerprint density at radius 3 is 2.41 bits per heavy atom. The standard InChI is InChI=1S/C33H39N3O4S/c1-6-23(2)36(33(38)34-29-13-9-11-26-10-7-8-12-28(26)29)22-32(37)35(21-27-16-14-24(3)41-27)19-18-25-15-17-30(39-4)31(20-25)40-5/h7-17,20,23H,6,18-19,21-22H2,1-5H3,(H,34,38). The monoisotopic (exact) mass is 573 g/mol. The van der Waals surface area contributed by atoms with Gasteiger partial charge in [0.2, 0.25) is 5.91 Å². The summed E-state index contributed by atoms with van der Waals surface area (Å²) in [7, 11) is 3.23. The molecule has 0 aliphatic rings. The number of amides is 3. The molecule has 1 heterocycles.